The molecule has 0 bridgehead atoms. The molecule has 1 aromatic heterocycles. The summed E-state index contributed by atoms with van der Waals surface area (Å²) in [5, 5.41) is 3.28. The van der Waals surface area contributed by atoms with Gasteiger partial charge in [-0.25, -0.2) is 0 Å². The Hall–Kier alpha value is -0.870. The van der Waals surface area contributed by atoms with Gasteiger partial charge in [0.15, 0.2) is 0 Å². The predicted molar refractivity (Wildman–Crippen MR) is 73.3 cm³/mol. The van der Waals surface area contributed by atoms with Gasteiger partial charge in [-0.15, -0.1) is 11.3 Å². The maximum Gasteiger partial charge on any atom is 0.239 e. The lowest BCUT2D eigenvalue weighted by atomic mass is 10.2. The first-order chi connectivity index (χ1) is 8.08. The second-order valence-corrected chi connectivity index (χ2v) is 5.50. The van der Waals surface area contributed by atoms with Gasteiger partial charge in [0.2, 0.25) is 5.91 Å². The number of hydrogen-bond donors (Lipinski definition) is 1. The highest BCUT2D eigenvalue weighted by Crippen LogP contribution is 2.14. The van der Waals surface area contributed by atoms with Crippen LogP contribution in [0.2, 0.25) is 0 Å². The van der Waals surface area contributed by atoms with Crippen molar-refractivity contribution in [2.45, 2.75) is 40.3 Å². The minimum atomic E-state index is -0.114. The van der Waals surface area contributed by atoms with Crippen LogP contribution in [0.5, 0.6) is 0 Å². The molecule has 17 heavy (non-hydrogen) atoms. The van der Waals surface area contributed by atoms with Crippen LogP contribution in [0.1, 0.15) is 30.5 Å². The van der Waals surface area contributed by atoms with Crippen LogP contribution in [0.3, 0.4) is 0 Å². The van der Waals surface area contributed by atoms with E-state index >= 15 is 0 Å². The molecule has 1 atom stereocenters. The lowest BCUT2D eigenvalue weighted by Gasteiger charge is -2.23. The summed E-state index contributed by atoms with van der Waals surface area (Å²) in [4.78, 5) is 16.4. The molecule has 1 unspecified atom stereocenters. The molecule has 0 aromatic carbocycles. The van der Waals surface area contributed by atoms with Gasteiger partial charge < -0.3 is 10.2 Å². The fraction of sp³-hybridized carbons (Fsp3) is 0.615. The van der Waals surface area contributed by atoms with E-state index < -0.39 is 0 Å². The van der Waals surface area contributed by atoms with E-state index in [2.05, 4.69) is 24.4 Å². The summed E-state index contributed by atoms with van der Waals surface area (Å²) in [6.45, 7) is 10.4. The average molecular weight is 254 g/mol. The first kappa shape index (κ1) is 14.2. The molecule has 1 amide bonds. The van der Waals surface area contributed by atoms with E-state index in [4.69, 9.17) is 0 Å². The summed E-state index contributed by atoms with van der Waals surface area (Å²) in [5.74, 6) is 0.184. The Bertz CT molecular complexity index is 358. The lowest BCUT2D eigenvalue weighted by molar-refractivity contribution is -0.132. The molecule has 0 aliphatic heterocycles. The van der Waals surface area contributed by atoms with Gasteiger partial charge in [0.1, 0.15) is 0 Å². The topological polar surface area (TPSA) is 32.3 Å². The summed E-state index contributed by atoms with van der Waals surface area (Å²) in [5.41, 5.74) is 0. The molecule has 0 radical (unpaired) electrons. The Morgan fingerprint density at radius 1 is 1.41 bits per heavy atom. The largest absolute Gasteiger partial charge is 0.342 e. The van der Waals surface area contributed by atoms with Crippen molar-refractivity contribution in [2.24, 2.45) is 0 Å². The smallest absolute Gasteiger partial charge is 0.239 e. The molecule has 4 heteroatoms. The Balaban J connectivity index is 2.43. The van der Waals surface area contributed by atoms with Crippen LogP contribution in [0.4, 0.5) is 0 Å². The number of amides is 1. The van der Waals surface area contributed by atoms with E-state index in [1.165, 1.54) is 9.75 Å². The normalized spacial score (nSPS) is 12.5. The van der Waals surface area contributed by atoms with Crippen LogP contribution in [0.25, 0.3) is 0 Å². The van der Waals surface area contributed by atoms with Crippen molar-refractivity contribution in [2.75, 3.05) is 13.1 Å². The van der Waals surface area contributed by atoms with Crippen molar-refractivity contribution < 1.29 is 4.79 Å². The monoisotopic (exact) mass is 254 g/mol. The molecule has 0 aliphatic rings. The highest BCUT2D eigenvalue weighted by molar-refractivity contribution is 7.11. The van der Waals surface area contributed by atoms with E-state index in [1.54, 1.807) is 11.3 Å². The molecule has 1 aromatic rings. The van der Waals surface area contributed by atoms with Crippen LogP contribution in [-0.2, 0) is 11.3 Å². The van der Waals surface area contributed by atoms with Crippen molar-refractivity contribution >= 4 is 17.2 Å². The van der Waals surface area contributed by atoms with Crippen molar-refractivity contribution in [3.63, 3.8) is 0 Å². The van der Waals surface area contributed by atoms with E-state index in [0.717, 1.165) is 19.6 Å². The van der Waals surface area contributed by atoms with Crippen molar-refractivity contribution in [3.05, 3.63) is 21.9 Å². The quantitative estimate of drug-likeness (QED) is 0.845. The van der Waals surface area contributed by atoms with Gasteiger partial charge >= 0.3 is 0 Å². The lowest BCUT2D eigenvalue weighted by Crippen LogP contribution is -2.44. The Labute approximate surface area is 108 Å². The maximum absolute atomic E-state index is 12.0. The molecule has 0 fully saturated rings. The molecule has 96 valence electrons. The standard InChI is InChI=1S/C13H22N2OS/c1-5-15(6-2)13(16)11(4)14-9-12-8-7-10(3)17-12/h7-8,11,14H,5-6,9H2,1-4H3. The summed E-state index contributed by atoms with van der Waals surface area (Å²) in [7, 11) is 0. The Kier molecular flexibility index (Phi) is 5.65. The zero-order chi connectivity index (χ0) is 12.8. The SMILES string of the molecule is CCN(CC)C(=O)C(C)NCc1ccc(C)s1. The zero-order valence-corrected chi connectivity index (χ0v) is 11.9. The molecule has 0 aliphatic carbocycles. The number of thiophene rings is 1. The van der Waals surface area contributed by atoms with E-state index in [9.17, 15) is 4.79 Å². The summed E-state index contributed by atoms with van der Waals surface area (Å²) in [6.07, 6.45) is 0. The summed E-state index contributed by atoms with van der Waals surface area (Å²) < 4.78 is 0. The van der Waals surface area contributed by atoms with E-state index in [1.807, 2.05) is 25.7 Å². The minimum absolute atomic E-state index is 0.114. The van der Waals surface area contributed by atoms with Crippen LogP contribution < -0.4 is 5.32 Å². The predicted octanol–water partition coefficient (Wildman–Crippen LogP) is 2.40. The van der Waals surface area contributed by atoms with Crippen LogP contribution in [0, 0.1) is 6.92 Å². The van der Waals surface area contributed by atoms with E-state index in [0.29, 0.717) is 0 Å². The Morgan fingerprint density at radius 3 is 2.53 bits per heavy atom. The van der Waals surface area contributed by atoms with Crippen molar-refractivity contribution in [1.29, 1.82) is 0 Å². The van der Waals surface area contributed by atoms with Gasteiger partial charge in [-0.1, -0.05) is 0 Å². The first-order valence-corrected chi connectivity index (χ1v) is 6.97. The third-order valence-corrected chi connectivity index (χ3v) is 3.82. The number of rotatable bonds is 6. The van der Waals surface area contributed by atoms with Gasteiger partial charge in [0, 0.05) is 29.4 Å². The van der Waals surface area contributed by atoms with Crippen LogP contribution in [0.15, 0.2) is 12.1 Å². The third kappa shape index (κ3) is 4.13. The second-order valence-electron chi connectivity index (χ2n) is 4.13. The molecular formula is C13H22N2OS. The van der Waals surface area contributed by atoms with Gasteiger partial charge in [-0.2, -0.15) is 0 Å². The fourth-order valence-electron chi connectivity index (χ4n) is 1.73. The molecule has 0 spiro atoms. The fourth-order valence-corrected chi connectivity index (χ4v) is 2.57. The molecule has 3 nitrogen and oxygen atoms in total. The van der Waals surface area contributed by atoms with Gasteiger partial charge in [0.25, 0.3) is 0 Å². The Morgan fingerprint density at radius 2 is 2.06 bits per heavy atom. The summed E-state index contributed by atoms with van der Waals surface area (Å²) >= 11 is 1.77. The highest BCUT2D eigenvalue weighted by Gasteiger charge is 2.17. The molecule has 1 rings (SSSR count). The highest BCUT2D eigenvalue weighted by atomic mass is 32.1. The number of aryl methyl sites for hydroxylation is 1. The number of carbonyl (C=O) groups is 1. The van der Waals surface area contributed by atoms with E-state index in [-0.39, 0.29) is 11.9 Å². The number of nitrogens with one attached hydrogen (secondary N) is 1. The molecule has 1 N–H and O–H groups in total. The third-order valence-electron chi connectivity index (χ3n) is 2.82. The average Bonchev–Trinajstić information content (AvgIpc) is 2.73. The first-order valence-electron chi connectivity index (χ1n) is 6.16. The van der Waals surface area contributed by atoms with Crippen LogP contribution in [-0.4, -0.2) is 29.9 Å². The van der Waals surface area contributed by atoms with Crippen LogP contribution >= 0.6 is 11.3 Å². The molecule has 0 saturated carbocycles. The number of hydrogen-bond acceptors (Lipinski definition) is 3. The summed E-state index contributed by atoms with van der Waals surface area (Å²) in [6, 6.07) is 4.11. The maximum atomic E-state index is 12.0. The zero-order valence-electron chi connectivity index (χ0n) is 11.1. The minimum Gasteiger partial charge on any atom is -0.342 e. The second kappa shape index (κ2) is 6.77. The molecular weight excluding hydrogens is 232 g/mol. The number of carbonyl (C=O) groups excluding carboxylic acids is 1. The van der Waals surface area contributed by atoms with Crippen molar-refractivity contribution in [3.8, 4) is 0 Å². The van der Waals surface area contributed by atoms with Gasteiger partial charge in [-0.05, 0) is 39.8 Å². The van der Waals surface area contributed by atoms with Crippen molar-refractivity contribution in [1.82, 2.24) is 10.2 Å². The number of nitrogens with zero attached hydrogens (tertiary/aromatic N) is 1. The number of likely N-dealkylation sites (N-methyl/N-ethyl adjacent to an activating group) is 1. The molecule has 0 saturated heterocycles. The van der Waals surface area contributed by atoms with Gasteiger partial charge in [-0.3, -0.25) is 4.79 Å². The molecule has 1 heterocycles. The van der Waals surface area contributed by atoms with Gasteiger partial charge in [0.05, 0.1) is 6.04 Å².